The molecule has 13 heteroatoms. The summed E-state index contributed by atoms with van der Waals surface area (Å²) in [6, 6.07) is 7.14. The normalized spacial score (nSPS) is 13.0. The average molecular weight is 602 g/mol. The van der Waals surface area contributed by atoms with Crippen molar-refractivity contribution >= 4 is 76.6 Å². The molecule has 1 amide bonds. The molecule has 199 valence electrons. The molecule has 0 saturated heterocycles. The number of amides is 1. The summed E-state index contributed by atoms with van der Waals surface area (Å²) in [4.78, 5) is 12.0. The highest BCUT2D eigenvalue weighted by Gasteiger charge is 2.39. The van der Waals surface area contributed by atoms with Gasteiger partial charge in [0.25, 0.3) is 0 Å². The van der Waals surface area contributed by atoms with Gasteiger partial charge in [0.2, 0.25) is 5.91 Å². The number of halogens is 9. The van der Waals surface area contributed by atoms with Gasteiger partial charge < -0.3 is 5.32 Å². The highest BCUT2D eigenvalue weighted by atomic mass is 35.5. The van der Waals surface area contributed by atoms with Gasteiger partial charge in [-0.1, -0.05) is 89.7 Å². The molecule has 1 N–H and O–H groups in total. The molecule has 0 saturated carbocycles. The van der Waals surface area contributed by atoms with E-state index in [4.69, 9.17) is 47.0 Å². The molecule has 2 nitrogen and oxygen atoms in total. The number of carbonyl (C=O) groups is 1. The molecule has 0 heterocycles. The molecule has 1 atom stereocenters. The molecule has 0 aliphatic carbocycles. The lowest BCUT2D eigenvalue weighted by atomic mass is 9.69. The minimum Gasteiger partial charge on any atom is -0.347 e. The van der Waals surface area contributed by atoms with Gasteiger partial charge in [-0.15, -0.1) is 0 Å². The number of thiocarbonyl (C=S) groups is 1. The summed E-state index contributed by atoms with van der Waals surface area (Å²) in [6.45, 7) is 0.337. The van der Waals surface area contributed by atoms with Gasteiger partial charge in [0.1, 0.15) is 13.8 Å². The van der Waals surface area contributed by atoms with Gasteiger partial charge in [-0.2, -0.15) is 26.3 Å². The van der Waals surface area contributed by atoms with Crippen LogP contribution in [0, 0.1) is 0 Å². The van der Waals surface area contributed by atoms with Crippen LogP contribution in [-0.4, -0.2) is 36.9 Å². The van der Waals surface area contributed by atoms with Crippen LogP contribution in [0.15, 0.2) is 36.4 Å². The predicted molar refractivity (Wildman–Crippen MR) is 142 cm³/mol. The first-order valence-corrected chi connectivity index (χ1v) is 12.4. The molecule has 0 aliphatic rings. The van der Waals surface area contributed by atoms with E-state index in [1.807, 2.05) is 0 Å². The Morgan fingerprint density at radius 3 is 2.22 bits per heavy atom. The monoisotopic (exact) mass is 600 g/mol. The van der Waals surface area contributed by atoms with E-state index in [-0.39, 0.29) is 39.9 Å². The molecule has 1 unspecified atom stereocenters. The molecule has 2 aromatic carbocycles. The van der Waals surface area contributed by atoms with Crippen molar-refractivity contribution < 1.29 is 31.1 Å². The van der Waals surface area contributed by atoms with Gasteiger partial charge in [0, 0.05) is 11.3 Å². The molecule has 0 fully saturated rings. The van der Waals surface area contributed by atoms with Crippen molar-refractivity contribution in [3.63, 3.8) is 0 Å². The standard InChI is InChI=1S/C24H20BCl3F6NOS/c1-25-17-9-13(5-7-15(17)20(37)3-2-4-21(36)35-12-23(29,30)31)6-8-16(24(32,33)34)14-10-18(26)22(28)19(27)11-14/h5-11,16H,2-4,12H2,1H3,(H,35,36)/b8-6+. The fraction of sp³-hybridized carbons (Fsp3) is 0.333. The third-order valence-electron chi connectivity index (χ3n) is 5.18. The van der Waals surface area contributed by atoms with Gasteiger partial charge in [-0.05, 0) is 41.7 Å². The van der Waals surface area contributed by atoms with Crippen LogP contribution in [-0.2, 0) is 4.79 Å². The zero-order valence-electron chi connectivity index (χ0n) is 19.2. The Morgan fingerprint density at radius 1 is 1.05 bits per heavy atom. The summed E-state index contributed by atoms with van der Waals surface area (Å²) in [5, 5.41) is 1.58. The SMILES string of the molecule is C[B]c1cc(/C=C/C(c2cc(Cl)c(Cl)c(Cl)c2)C(F)(F)F)ccc1C(=S)CCCC(=O)NCC(F)(F)F. The number of nitrogens with one attached hydrogen (secondary N) is 1. The summed E-state index contributed by atoms with van der Waals surface area (Å²) in [6.07, 6.45) is -6.40. The van der Waals surface area contributed by atoms with E-state index in [0.29, 0.717) is 21.5 Å². The van der Waals surface area contributed by atoms with Crippen LogP contribution < -0.4 is 10.8 Å². The van der Waals surface area contributed by atoms with Crippen molar-refractivity contribution in [3.8, 4) is 0 Å². The zero-order chi connectivity index (χ0) is 28.0. The lowest BCUT2D eigenvalue weighted by Gasteiger charge is -2.18. The van der Waals surface area contributed by atoms with Crippen LogP contribution in [0.25, 0.3) is 6.08 Å². The number of hydrogen-bond donors (Lipinski definition) is 1. The summed E-state index contributed by atoms with van der Waals surface area (Å²) in [5.74, 6) is -2.72. The van der Waals surface area contributed by atoms with Crippen LogP contribution in [0.4, 0.5) is 26.3 Å². The molecular weight excluding hydrogens is 581 g/mol. The molecule has 1 radical (unpaired) electrons. The Balaban J connectivity index is 2.15. The minimum absolute atomic E-state index is 0.0337. The van der Waals surface area contributed by atoms with Crippen molar-refractivity contribution in [2.45, 2.75) is 44.4 Å². The van der Waals surface area contributed by atoms with E-state index in [1.165, 1.54) is 6.08 Å². The first-order chi connectivity index (χ1) is 17.1. The van der Waals surface area contributed by atoms with E-state index >= 15 is 0 Å². The number of benzene rings is 2. The molecular formula is C24H20BCl3F6NOS. The lowest BCUT2D eigenvalue weighted by Crippen LogP contribution is -2.33. The second kappa shape index (κ2) is 13.4. The van der Waals surface area contributed by atoms with Crippen molar-refractivity contribution in [2.75, 3.05) is 6.54 Å². The van der Waals surface area contributed by atoms with Crippen molar-refractivity contribution in [1.82, 2.24) is 5.32 Å². The van der Waals surface area contributed by atoms with Crippen molar-refractivity contribution in [2.24, 2.45) is 0 Å². The maximum Gasteiger partial charge on any atom is 0.405 e. The largest absolute Gasteiger partial charge is 0.405 e. The van der Waals surface area contributed by atoms with Gasteiger partial charge in [0.05, 0.1) is 21.0 Å². The number of rotatable bonds is 10. The fourth-order valence-corrected chi connectivity index (χ4v) is 4.32. The van der Waals surface area contributed by atoms with E-state index in [2.05, 4.69) is 0 Å². The van der Waals surface area contributed by atoms with E-state index in [9.17, 15) is 31.1 Å². The molecule has 37 heavy (non-hydrogen) atoms. The van der Waals surface area contributed by atoms with E-state index < -0.39 is 30.7 Å². The molecule has 0 spiro atoms. The Kier molecular flexibility index (Phi) is 11.4. The quantitative estimate of drug-likeness (QED) is 0.0985. The number of hydrogen-bond acceptors (Lipinski definition) is 2. The molecule has 2 aromatic rings. The molecule has 0 aromatic heterocycles. The van der Waals surface area contributed by atoms with Crippen LogP contribution in [0.1, 0.15) is 41.9 Å². The summed E-state index contributed by atoms with van der Waals surface area (Å²) in [5.41, 5.74) is 1.62. The number of allylic oxidation sites excluding steroid dienone is 1. The third-order valence-corrected chi connectivity index (χ3v) is 6.80. The highest BCUT2D eigenvalue weighted by Crippen LogP contribution is 2.41. The van der Waals surface area contributed by atoms with Gasteiger partial charge in [-0.3, -0.25) is 4.79 Å². The number of alkyl halides is 6. The average Bonchev–Trinajstić information content (AvgIpc) is 2.79. The molecule has 0 bridgehead atoms. The smallest absolute Gasteiger partial charge is 0.347 e. The Labute approximate surface area is 231 Å². The second-order valence-electron chi connectivity index (χ2n) is 7.98. The summed E-state index contributed by atoms with van der Waals surface area (Å²) in [7, 11) is 1.73. The maximum absolute atomic E-state index is 13.8. The maximum atomic E-state index is 13.8. The predicted octanol–water partition coefficient (Wildman–Crippen LogP) is 7.95. The Hall–Kier alpha value is -1.75. The Morgan fingerprint density at radius 2 is 1.68 bits per heavy atom. The molecule has 0 aliphatic heterocycles. The van der Waals surface area contributed by atoms with Crippen molar-refractivity contribution in [1.29, 1.82) is 0 Å². The lowest BCUT2D eigenvalue weighted by molar-refractivity contribution is -0.139. The van der Waals surface area contributed by atoms with Gasteiger partial charge in [0.15, 0.2) is 0 Å². The number of carbonyl (C=O) groups excluding carboxylic acids is 1. The highest BCUT2D eigenvalue weighted by molar-refractivity contribution is 7.80. The fourth-order valence-electron chi connectivity index (χ4n) is 3.38. The van der Waals surface area contributed by atoms with Crippen LogP contribution in [0.5, 0.6) is 0 Å². The van der Waals surface area contributed by atoms with Gasteiger partial charge >= 0.3 is 12.4 Å². The Bertz CT molecular complexity index is 1150. The van der Waals surface area contributed by atoms with Crippen LogP contribution in [0.2, 0.25) is 21.9 Å². The topological polar surface area (TPSA) is 29.1 Å². The van der Waals surface area contributed by atoms with E-state index in [1.54, 1.807) is 37.6 Å². The van der Waals surface area contributed by atoms with Crippen LogP contribution in [0.3, 0.4) is 0 Å². The van der Waals surface area contributed by atoms with E-state index in [0.717, 1.165) is 18.2 Å². The first kappa shape index (κ1) is 31.5. The second-order valence-corrected chi connectivity index (χ2v) is 9.67. The van der Waals surface area contributed by atoms with Crippen molar-refractivity contribution in [3.05, 3.63) is 68.2 Å². The zero-order valence-corrected chi connectivity index (χ0v) is 22.3. The minimum atomic E-state index is -4.62. The summed E-state index contributed by atoms with van der Waals surface area (Å²) < 4.78 is 77.9. The van der Waals surface area contributed by atoms with Crippen LogP contribution >= 0.6 is 47.0 Å². The first-order valence-electron chi connectivity index (χ1n) is 10.8. The molecule has 2 rings (SSSR count). The summed E-state index contributed by atoms with van der Waals surface area (Å²) >= 11 is 23.1. The van der Waals surface area contributed by atoms with Gasteiger partial charge in [-0.25, -0.2) is 0 Å². The third kappa shape index (κ3) is 9.82.